The van der Waals surface area contributed by atoms with Crippen molar-refractivity contribution in [1.29, 1.82) is 0 Å². The number of rotatable bonds is 8. The highest BCUT2D eigenvalue weighted by atomic mass is 19.4. The molecule has 10 nitrogen and oxygen atoms in total. The molecule has 0 radical (unpaired) electrons. The summed E-state index contributed by atoms with van der Waals surface area (Å²) in [4.78, 5) is 18.3. The quantitative estimate of drug-likeness (QED) is 0.281. The van der Waals surface area contributed by atoms with Crippen molar-refractivity contribution in [3.8, 4) is 17.3 Å². The van der Waals surface area contributed by atoms with Crippen LogP contribution in [0.15, 0.2) is 48.7 Å². The Kier molecular flexibility index (Phi) is 8.48. The lowest BCUT2D eigenvalue weighted by molar-refractivity contribution is -0.184. The summed E-state index contributed by atoms with van der Waals surface area (Å²) in [6.07, 6.45) is -3.60. The molecular weight excluding hydrogens is 565 g/mol. The number of hydrogen-bond acceptors (Lipinski definition) is 8. The predicted octanol–water partition coefficient (Wildman–Crippen LogP) is 5.56. The largest absolute Gasteiger partial charge is 0.488 e. The van der Waals surface area contributed by atoms with Crippen LogP contribution in [0.25, 0.3) is 28.1 Å². The number of fused-ring (bicyclic) bond motifs is 2. The highest BCUT2D eigenvalue weighted by molar-refractivity contribution is 5.82. The van der Waals surface area contributed by atoms with E-state index in [4.69, 9.17) is 19.2 Å². The van der Waals surface area contributed by atoms with Crippen molar-refractivity contribution in [1.82, 2.24) is 29.8 Å². The molecule has 1 aliphatic rings. The van der Waals surface area contributed by atoms with Crippen molar-refractivity contribution in [2.75, 3.05) is 26.8 Å². The van der Waals surface area contributed by atoms with Crippen molar-refractivity contribution in [3.05, 3.63) is 54.2 Å². The molecule has 5 rings (SSSR count). The minimum atomic E-state index is -4.57. The Morgan fingerprint density at radius 3 is 2.60 bits per heavy atom. The van der Waals surface area contributed by atoms with Gasteiger partial charge in [-0.1, -0.05) is 12.1 Å². The summed E-state index contributed by atoms with van der Waals surface area (Å²) in [7, 11) is 1.60. The maximum absolute atomic E-state index is 14.5. The number of nitrogens with zero attached hydrogens (tertiary/aromatic N) is 5. The third kappa shape index (κ3) is 7.16. The van der Waals surface area contributed by atoms with Crippen LogP contribution in [-0.2, 0) is 9.47 Å². The van der Waals surface area contributed by atoms with Crippen molar-refractivity contribution in [2.45, 2.75) is 64.1 Å². The van der Waals surface area contributed by atoms with Gasteiger partial charge in [-0.3, -0.25) is 9.30 Å². The van der Waals surface area contributed by atoms with Gasteiger partial charge in [0.1, 0.15) is 29.2 Å². The number of benzene rings is 1. The van der Waals surface area contributed by atoms with Crippen LogP contribution in [0.2, 0.25) is 0 Å². The Bertz CT molecular complexity index is 1600. The molecule has 1 fully saturated rings. The van der Waals surface area contributed by atoms with E-state index in [1.54, 1.807) is 40.0 Å². The number of methoxy groups -OCH3 is 1. The molecule has 1 saturated heterocycles. The minimum Gasteiger partial charge on any atom is -0.488 e. The van der Waals surface area contributed by atoms with Crippen molar-refractivity contribution < 1.29 is 32.2 Å². The Balaban J connectivity index is 1.42. The summed E-state index contributed by atoms with van der Waals surface area (Å²) in [5.41, 5.74) is 0.800. The number of pyridine rings is 2. The van der Waals surface area contributed by atoms with Crippen molar-refractivity contribution >= 4 is 22.6 Å². The van der Waals surface area contributed by atoms with E-state index in [1.165, 1.54) is 27.6 Å². The first-order valence-electron chi connectivity index (χ1n) is 14.0. The number of hydrogen-bond donors (Lipinski definition) is 1. The number of nitrogens with one attached hydrogen (secondary N) is 1. The number of alkyl carbamates (subject to hydrolysis) is 1. The molecule has 1 amide bonds. The van der Waals surface area contributed by atoms with Crippen LogP contribution < -0.4 is 10.1 Å². The zero-order chi connectivity index (χ0) is 30.9. The van der Waals surface area contributed by atoms with Crippen LogP contribution in [0.3, 0.4) is 0 Å². The smallest absolute Gasteiger partial charge is 0.408 e. The molecule has 0 saturated carbocycles. The Morgan fingerprint density at radius 1 is 1.12 bits per heavy atom. The van der Waals surface area contributed by atoms with E-state index in [2.05, 4.69) is 15.5 Å². The van der Waals surface area contributed by atoms with Gasteiger partial charge in [-0.05, 0) is 63.9 Å². The highest BCUT2D eigenvalue weighted by Crippen LogP contribution is 2.40. The molecule has 43 heavy (non-hydrogen) atoms. The number of carbonyl (C=O) groups excluding carboxylic acids is 1. The van der Waals surface area contributed by atoms with Gasteiger partial charge in [0.15, 0.2) is 11.5 Å². The second-order valence-electron chi connectivity index (χ2n) is 11.7. The summed E-state index contributed by atoms with van der Waals surface area (Å²) in [6, 6.07) is 9.72. The summed E-state index contributed by atoms with van der Waals surface area (Å²) >= 11 is 0. The molecule has 1 N–H and O–H groups in total. The van der Waals surface area contributed by atoms with Crippen molar-refractivity contribution in [3.63, 3.8) is 0 Å². The predicted molar refractivity (Wildman–Crippen MR) is 154 cm³/mol. The van der Waals surface area contributed by atoms with E-state index < -0.39 is 30.0 Å². The Hall–Kier alpha value is -3.97. The van der Waals surface area contributed by atoms with Gasteiger partial charge >= 0.3 is 12.3 Å². The van der Waals surface area contributed by atoms with Gasteiger partial charge in [-0.15, -0.1) is 10.2 Å². The third-order valence-corrected chi connectivity index (χ3v) is 6.99. The zero-order valence-corrected chi connectivity index (χ0v) is 24.7. The fraction of sp³-hybridized carbons (Fsp3) is 0.467. The second kappa shape index (κ2) is 12.0. The molecule has 0 unspecified atom stereocenters. The molecule has 4 aromatic rings. The van der Waals surface area contributed by atoms with E-state index in [-0.39, 0.29) is 24.8 Å². The molecule has 0 aliphatic carbocycles. The number of likely N-dealkylation sites (tertiary alicyclic amines) is 1. The zero-order valence-electron chi connectivity index (χ0n) is 24.7. The van der Waals surface area contributed by atoms with Crippen LogP contribution in [0.1, 0.15) is 45.7 Å². The molecule has 13 heteroatoms. The van der Waals surface area contributed by atoms with Crippen LogP contribution >= 0.6 is 0 Å². The topological polar surface area (TPSA) is 103 Å². The lowest BCUT2D eigenvalue weighted by Crippen LogP contribution is -2.42. The fourth-order valence-electron chi connectivity index (χ4n) is 5.26. The lowest BCUT2D eigenvalue weighted by Gasteiger charge is -2.30. The van der Waals surface area contributed by atoms with Gasteiger partial charge in [0.2, 0.25) is 0 Å². The lowest BCUT2D eigenvalue weighted by atomic mass is 10.1. The molecule has 1 aliphatic heterocycles. The average molecular weight is 601 g/mol. The van der Waals surface area contributed by atoms with E-state index in [0.717, 1.165) is 5.39 Å². The fourth-order valence-corrected chi connectivity index (χ4v) is 5.26. The minimum absolute atomic E-state index is 0.0239. The molecule has 230 valence electrons. The number of halogens is 3. The van der Waals surface area contributed by atoms with Gasteiger partial charge in [-0.2, -0.15) is 13.2 Å². The van der Waals surface area contributed by atoms with E-state index in [0.29, 0.717) is 41.5 Å². The van der Waals surface area contributed by atoms with Crippen LogP contribution in [0.4, 0.5) is 18.0 Å². The van der Waals surface area contributed by atoms with Gasteiger partial charge in [-0.25, -0.2) is 9.78 Å². The maximum Gasteiger partial charge on any atom is 0.408 e. The van der Waals surface area contributed by atoms with Crippen LogP contribution in [-0.4, -0.2) is 81.3 Å². The summed E-state index contributed by atoms with van der Waals surface area (Å²) < 4.78 is 61.5. The van der Waals surface area contributed by atoms with Gasteiger partial charge < -0.3 is 19.5 Å². The van der Waals surface area contributed by atoms with Crippen molar-refractivity contribution in [2.24, 2.45) is 0 Å². The molecule has 0 spiro atoms. The maximum atomic E-state index is 14.5. The van der Waals surface area contributed by atoms with E-state index in [9.17, 15) is 18.0 Å². The van der Waals surface area contributed by atoms with Crippen LogP contribution in [0, 0.1) is 0 Å². The van der Waals surface area contributed by atoms with Crippen LogP contribution in [0.5, 0.6) is 5.75 Å². The number of amides is 1. The third-order valence-electron chi connectivity index (χ3n) is 6.99. The Morgan fingerprint density at radius 2 is 1.88 bits per heavy atom. The molecule has 3 aromatic heterocycles. The summed E-state index contributed by atoms with van der Waals surface area (Å²) in [5.74, 6) is 0.929. The SMILES string of the molecule is COC[C@@H](C)Oc1ccc2ccc(-c3nnc4ccc([C@@H](N5CC[C@H](NC(=O)OC(C)(C)C)C5)C(F)(F)F)cn34)nc2c1. The first-order chi connectivity index (χ1) is 20.3. The van der Waals surface area contributed by atoms with E-state index in [1.807, 2.05) is 25.1 Å². The summed E-state index contributed by atoms with van der Waals surface area (Å²) in [5, 5.41) is 12.0. The van der Waals surface area contributed by atoms with Gasteiger partial charge in [0.05, 0.1) is 12.1 Å². The normalized spacial score (nSPS) is 17.7. The number of carbonyl (C=O) groups is 1. The average Bonchev–Trinajstić information content (AvgIpc) is 3.53. The molecule has 3 atom stereocenters. The highest BCUT2D eigenvalue weighted by Gasteiger charge is 2.47. The molecule has 1 aromatic carbocycles. The van der Waals surface area contributed by atoms with Gasteiger partial charge in [0, 0.05) is 43.9 Å². The first kappa shape index (κ1) is 30.5. The first-order valence-corrected chi connectivity index (χ1v) is 14.0. The molecular formula is C30H35F3N6O4. The van der Waals surface area contributed by atoms with E-state index >= 15 is 0 Å². The second-order valence-corrected chi connectivity index (χ2v) is 11.7. The standard InChI is InChI=1S/C30H35F3N6O4/c1-18(17-41-5)42-22-9-6-19-7-10-23(35-24(19)14-22)27-37-36-25-11-8-20(15-39(25)27)26(30(31,32)33)38-13-12-21(16-38)34-28(40)43-29(2,3)4/h6-11,14-15,18,21,26H,12-13,16-17H2,1-5H3,(H,34,40)/t18-,21+,26-/m1/s1. The summed E-state index contributed by atoms with van der Waals surface area (Å²) in [6.45, 7) is 7.68. The molecule has 4 heterocycles. The van der Waals surface area contributed by atoms with Gasteiger partial charge in [0.25, 0.3) is 0 Å². The Labute approximate surface area is 247 Å². The number of ether oxygens (including phenoxy) is 3. The molecule has 0 bridgehead atoms. The number of alkyl halides is 3. The monoisotopic (exact) mass is 600 g/mol. The number of aromatic nitrogens is 4.